The van der Waals surface area contributed by atoms with Gasteiger partial charge in [-0.15, -0.1) is 0 Å². The van der Waals surface area contributed by atoms with E-state index in [1.807, 2.05) is 0 Å². The molecule has 0 aliphatic carbocycles. The summed E-state index contributed by atoms with van der Waals surface area (Å²) in [6.07, 6.45) is 1.39. The quantitative estimate of drug-likeness (QED) is 0.901. The van der Waals surface area contributed by atoms with Gasteiger partial charge in [0.05, 0.1) is 23.5 Å². The van der Waals surface area contributed by atoms with Crippen molar-refractivity contribution in [3.8, 4) is 5.75 Å². The van der Waals surface area contributed by atoms with Crippen molar-refractivity contribution >= 4 is 33.3 Å². The van der Waals surface area contributed by atoms with Crippen LogP contribution in [0.1, 0.15) is 10.4 Å². The molecule has 1 amide bonds. The number of nitrogen functional groups attached to an aromatic ring is 1. The third kappa shape index (κ3) is 2.88. The number of hydrogen-bond donors (Lipinski definition) is 2. The van der Waals surface area contributed by atoms with Gasteiger partial charge in [-0.05, 0) is 34.1 Å². The zero-order chi connectivity index (χ0) is 14.7. The van der Waals surface area contributed by atoms with Crippen LogP contribution in [-0.2, 0) is 0 Å². The lowest BCUT2D eigenvalue weighted by Gasteiger charge is -2.10. The van der Waals surface area contributed by atoms with Gasteiger partial charge in [0.2, 0.25) is 0 Å². The second-order valence-corrected chi connectivity index (χ2v) is 4.72. The highest BCUT2D eigenvalue weighted by Crippen LogP contribution is 2.25. The number of methoxy groups -OCH3 is 1. The van der Waals surface area contributed by atoms with Gasteiger partial charge in [0, 0.05) is 0 Å². The molecule has 0 unspecified atom stereocenters. The number of halogens is 2. The number of nitrogens with zero attached hydrogens (tertiary/aromatic N) is 1. The van der Waals surface area contributed by atoms with Gasteiger partial charge in [-0.25, -0.2) is 9.37 Å². The van der Waals surface area contributed by atoms with E-state index in [1.54, 1.807) is 6.07 Å². The van der Waals surface area contributed by atoms with E-state index in [-0.39, 0.29) is 17.1 Å². The van der Waals surface area contributed by atoms with Crippen LogP contribution in [0.2, 0.25) is 0 Å². The molecule has 0 saturated carbocycles. The predicted octanol–water partition coefficient (Wildman–Crippen LogP) is 2.83. The first-order chi connectivity index (χ1) is 9.52. The fourth-order valence-corrected chi connectivity index (χ4v) is 2.08. The normalized spacial score (nSPS) is 10.2. The van der Waals surface area contributed by atoms with Gasteiger partial charge in [-0.2, -0.15) is 0 Å². The Morgan fingerprint density at radius 2 is 2.25 bits per heavy atom. The Morgan fingerprint density at radius 3 is 2.90 bits per heavy atom. The SMILES string of the molecule is COc1cccc(F)c1C(=O)Nc1ncc(N)cc1Br. The maximum atomic E-state index is 13.8. The largest absolute Gasteiger partial charge is 0.496 e. The van der Waals surface area contributed by atoms with Crippen LogP contribution in [0.3, 0.4) is 0 Å². The molecule has 5 nitrogen and oxygen atoms in total. The summed E-state index contributed by atoms with van der Waals surface area (Å²) in [5.41, 5.74) is 5.82. The number of nitrogens with one attached hydrogen (secondary N) is 1. The van der Waals surface area contributed by atoms with Gasteiger partial charge < -0.3 is 15.8 Å². The van der Waals surface area contributed by atoms with Crippen molar-refractivity contribution in [3.63, 3.8) is 0 Å². The molecule has 20 heavy (non-hydrogen) atoms. The number of carbonyl (C=O) groups excluding carboxylic acids is 1. The number of nitrogens with two attached hydrogens (primary N) is 1. The average molecular weight is 340 g/mol. The minimum atomic E-state index is -0.673. The fraction of sp³-hybridized carbons (Fsp3) is 0.0769. The molecule has 0 aliphatic rings. The molecular formula is C13H11BrFN3O2. The molecule has 0 bridgehead atoms. The topological polar surface area (TPSA) is 77.2 Å². The third-order valence-corrected chi connectivity index (χ3v) is 3.12. The predicted molar refractivity (Wildman–Crippen MR) is 77.3 cm³/mol. The Hall–Kier alpha value is -2.15. The summed E-state index contributed by atoms with van der Waals surface area (Å²) < 4.78 is 19.2. The summed E-state index contributed by atoms with van der Waals surface area (Å²) >= 11 is 3.22. The van der Waals surface area contributed by atoms with Crippen LogP contribution < -0.4 is 15.8 Å². The molecule has 0 saturated heterocycles. The van der Waals surface area contributed by atoms with E-state index in [9.17, 15) is 9.18 Å². The molecule has 7 heteroatoms. The van der Waals surface area contributed by atoms with Crippen molar-refractivity contribution in [2.24, 2.45) is 0 Å². The van der Waals surface area contributed by atoms with E-state index in [0.29, 0.717) is 10.2 Å². The highest BCUT2D eigenvalue weighted by molar-refractivity contribution is 9.10. The van der Waals surface area contributed by atoms with E-state index in [1.165, 1.54) is 31.5 Å². The van der Waals surface area contributed by atoms with Crippen molar-refractivity contribution in [1.29, 1.82) is 0 Å². The van der Waals surface area contributed by atoms with Crippen molar-refractivity contribution in [3.05, 3.63) is 46.3 Å². The number of rotatable bonds is 3. The number of amides is 1. The second-order valence-electron chi connectivity index (χ2n) is 3.87. The number of hydrogen-bond acceptors (Lipinski definition) is 4. The maximum absolute atomic E-state index is 13.8. The zero-order valence-electron chi connectivity index (χ0n) is 10.5. The first-order valence-electron chi connectivity index (χ1n) is 5.57. The van der Waals surface area contributed by atoms with Gasteiger partial charge in [0.1, 0.15) is 22.9 Å². The number of aromatic nitrogens is 1. The number of ether oxygens (including phenoxy) is 1. The van der Waals surface area contributed by atoms with Gasteiger partial charge in [0.25, 0.3) is 5.91 Å². The Labute approximate surface area is 123 Å². The molecule has 104 valence electrons. The van der Waals surface area contributed by atoms with E-state index in [0.717, 1.165) is 0 Å². The van der Waals surface area contributed by atoms with Crippen LogP contribution in [-0.4, -0.2) is 18.0 Å². The molecular weight excluding hydrogens is 329 g/mol. The number of anilines is 2. The summed E-state index contributed by atoms with van der Waals surface area (Å²) in [6, 6.07) is 5.73. The summed E-state index contributed by atoms with van der Waals surface area (Å²) in [5, 5.41) is 2.50. The Kier molecular flexibility index (Phi) is 4.19. The van der Waals surface area contributed by atoms with Crippen molar-refractivity contribution < 1.29 is 13.9 Å². The first-order valence-corrected chi connectivity index (χ1v) is 6.37. The van der Waals surface area contributed by atoms with Gasteiger partial charge in [-0.3, -0.25) is 4.79 Å². The molecule has 1 aromatic heterocycles. The fourth-order valence-electron chi connectivity index (χ4n) is 1.61. The van der Waals surface area contributed by atoms with Crippen LogP contribution in [0, 0.1) is 5.82 Å². The molecule has 1 aromatic carbocycles. The lowest BCUT2D eigenvalue weighted by Crippen LogP contribution is -2.16. The molecule has 0 fully saturated rings. The van der Waals surface area contributed by atoms with Gasteiger partial charge in [-0.1, -0.05) is 6.07 Å². The van der Waals surface area contributed by atoms with Crippen LogP contribution in [0.5, 0.6) is 5.75 Å². The number of benzene rings is 1. The van der Waals surface area contributed by atoms with Crippen LogP contribution in [0.15, 0.2) is 34.9 Å². The van der Waals surface area contributed by atoms with Gasteiger partial charge in [0.15, 0.2) is 0 Å². The molecule has 0 aliphatic heterocycles. The second kappa shape index (κ2) is 5.87. The Balaban J connectivity index is 2.33. The molecule has 2 aromatic rings. The molecule has 2 rings (SSSR count). The number of carbonyl (C=O) groups is 1. The van der Waals surface area contributed by atoms with Crippen molar-refractivity contribution in [2.45, 2.75) is 0 Å². The Morgan fingerprint density at radius 1 is 1.50 bits per heavy atom. The van der Waals surface area contributed by atoms with Crippen LogP contribution in [0.25, 0.3) is 0 Å². The summed E-state index contributed by atoms with van der Waals surface area (Å²) in [5.74, 6) is -0.935. The highest BCUT2D eigenvalue weighted by Gasteiger charge is 2.18. The molecule has 3 N–H and O–H groups in total. The lowest BCUT2D eigenvalue weighted by molar-refractivity contribution is 0.101. The van der Waals surface area contributed by atoms with Gasteiger partial charge >= 0.3 is 0 Å². The minimum absolute atomic E-state index is 0.147. The van der Waals surface area contributed by atoms with Crippen LogP contribution in [0.4, 0.5) is 15.9 Å². The first kappa shape index (κ1) is 14.3. The zero-order valence-corrected chi connectivity index (χ0v) is 12.1. The molecule has 0 atom stereocenters. The average Bonchev–Trinajstić information content (AvgIpc) is 2.41. The van der Waals surface area contributed by atoms with Crippen molar-refractivity contribution in [1.82, 2.24) is 4.98 Å². The minimum Gasteiger partial charge on any atom is -0.496 e. The molecule has 1 heterocycles. The summed E-state index contributed by atoms with van der Waals surface area (Å²) in [4.78, 5) is 16.1. The summed E-state index contributed by atoms with van der Waals surface area (Å²) in [6.45, 7) is 0. The molecule has 0 radical (unpaired) electrons. The van der Waals surface area contributed by atoms with E-state index >= 15 is 0 Å². The van der Waals surface area contributed by atoms with Crippen molar-refractivity contribution in [2.75, 3.05) is 18.2 Å². The Bertz CT molecular complexity index is 664. The third-order valence-electron chi connectivity index (χ3n) is 2.52. The number of pyridine rings is 1. The lowest BCUT2D eigenvalue weighted by atomic mass is 10.1. The summed E-state index contributed by atoms with van der Waals surface area (Å²) in [7, 11) is 1.36. The van der Waals surface area contributed by atoms with E-state index in [4.69, 9.17) is 10.5 Å². The van der Waals surface area contributed by atoms with E-state index < -0.39 is 11.7 Å². The van der Waals surface area contributed by atoms with E-state index in [2.05, 4.69) is 26.2 Å². The van der Waals surface area contributed by atoms with Crippen LogP contribution >= 0.6 is 15.9 Å². The standard InChI is InChI=1S/C13H11BrFN3O2/c1-20-10-4-2-3-9(15)11(10)13(19)18-12-8(14)5-7(16)6-17-12/h2-6H,16H2,1H3,(H,17,18,19). The smallest absolute Gasteiger partial charge is 0.263 e. The molecule has 0 spiro atoms. The monoisotopic (exact) mass is 339 g/mol. The maximum Gasteiger partial charge on any atom is 0.263 e. The highest BCUT2D eigenvalue weighted by atomic mass is 79.9.